The lowest BCUT2D eigenvalue weighted by atomic mass is 9.94. The molecule has 0 aliphatic heterocycles. The van der Waals surface area contributed by atoms with Gasteiger partial charge in [0.1, 0.15) is 5.75 Å². The lowest BCUT2D eigenvalue weighted by Gasteiger charge is -2.14. The van der Waals surface area contributed by atoms with E-state index >= 15 is 0 Å². The van der Waals surface area contributed by atoms with E-state index in [1.54, 1.807) is 0 Å². The number of hydrogen-bond donors (Lipinski definition) is 0. The fourth-order valence-electron chi connectivity index (χ4n) is 3.95. The van der Waals surface area contributed by atoms with Gasteiger partial charge in [-0.3, -0.25) is 0 Å². The molecule has 1 aromatic heterocycles. The van der Waals surface area contributed by atoms with Crippen molar-refractivity contribution in [3.63, 3.8) is 0 Å². The Kier molecular flexibility index (Phi) is 5.44. The van der Waals surface area contributed by atoms with Crippen LogP contribution in [0.3, 0.4) is 0 Å². The first-order valence-electron chi connectivity index (χ1n) is 10.5. The van der Waals surface area contributed by atoms with Gasteiger partial charge in [-0.2, -0.15) is 0 Å². The van der Waals surface area contributed by atoms with Gasteiger partial charge in [0, 0.05) is 15.4 Å². The summed E-state index contributed by atoms with van der Waals surface area (Å²) in [6.45, 7) is 2.85. The first-order chi connectivity index (χ1) is 15.2. The SMILES string of the molecule is CCCOc1ccc(-c2cc(-c3ccc(Br)cc3)nc3ccc4ccccc4c23)cc1. The molecule has 0 radical (unpaired) electrons. The zero-order chi connectivity index (χ0) is 21.2. The number of hydrogen-bond acceptors (Lipinski definition) is 2. The summed E-state index contributed by atoms with van der Waals surface area (Å²) >= 11 is 3.53. The summed E-state index contributed by atoms with van der Waals surface area (Å²) in [5.74, 6) is 0.905. The summed E-state index contributed by atoms with van der Waals surface area (Å²) in [4.78, 5) is 5.03. The molecule has 5 rings (SSSR count). The average molecular weight is 468 g/mol. The normalized spacial score (nSPS) is 11.2. The lowest BCUT2D eigenvalue weighted by Crippen LogP contribution is -1.95. The van der Waals surface area contributed by atoms with E-state index in [0.717, 1.165) is 45.6 Å². The Morgan fingerprint density at radius 3 is 2.32 bits per heavy atom. The van der Waals surface area contributed by atoms with Crippen molar-refractivity contribution in [2.75, 3.05) is 6.61 Å². The lowest BCUT2D eigenvalue weighted by molar-refractivity contribution is 0.317. The molecule has 0 aliphatic carbocycles. The minimum Gasteiger partial charge on any atom is -0.494 e. The maximum Gasteiger partial charge on any atom is 0.119 e. The number of pyridine rings is 1. The zero-order valence-corrected chi connectivity index (χ0v) is 18.9. The van der Waals surface area contributed by atoms with E-state index in [1.165, 1.54) is 21.7 Å². The second-order valence-corrected chi connectivity index (χ2v) is 8.53. The van der Waals surface area contributed by atoms with E-state index in [0.29, 0.717) is 0 Å². The van der Waals surface area contributed by atoms with Crippen LogP contribution in [-0.4, -0.2) is 11.6 Å². The van der Waals surface area contributed by atoms with Gasteiger partial charge in [0.15, 0.2) is 0 Å². The van der Waals surface area contributed by atoms with Crippen LogP contribution in [0.15, 0.2) is 95.5 Å². The number of rotatable bonds is 5. The quantitative estimate of drug-likeness (QED) is 0.242. The molecule has 0 fully saturated rings. The Bertz CT molecular complexity index is 1360. The van der Waals surface area contributed by atoms with Crippen LogP contribution in [0, 0.1) is 0 Å². The fraction of sp³-hybridized carbons (Fsp3) is 0.107. The van der Waals surface area contributed by atoms with Crippen molar-refractivity contribution in [1.82, 2.24) is 4.98 Å². The van der Waals surface area contributed by atoms with Gasteiger partial charge in [-0.25, -0.2) is 4.98 Å². The maximum atomic E-state index is 5.79. The van der Waals surface area contributed by atoms with Crippen LogP contribution in [0.5, 0.6) is 5.75 Å². The van der Waals surface area contributed by atoms with Crippen molar-refractivity contribution in [3.05, 3.63) is 95.5 Å². The minimum absolute atomic E-state index is 0.732. The Morgan fingerprint density at radius 1 is 0.806 bits per heavy atom. The highest BCUT2D eigenvalue weighted by atomic mass is 79.9. The second kappa shape index (κ2) is 8.52. The van der Waals surface area contributed by atoms with Crippen molar-refractivity contribution in [2.24, 2.45) is 0 Å². The number of benzene rings is 4. The van der Waals surface area contributed by atoms with Gasteiger partial charge in [0.05, 0.1) is 17.8 Å². The van der Waals surface area contributed by atoms with Crippen LogP contribution in [0.4, 0.5) is 0 Å². The van der Waals surface area contributed by atoms with Gasteiger partial charge in [0.25, 0.3) is 0 Å². The van der Waals surface area contributed by atoms with Gasteiger partial charge in [-0.15, -0.1) is 0 Å². The number of nitrogens with zero attached hydrogens (tertiary/aromatic N) is 1. The van der Waals surface area contributed by atoms with Crippen molar-refractivity contribution in [3.8, 4) is 28.1 Å². The Hall–Kier alpha value is -3.17. The van der Waals surface area contributed by atoms with Gasteiger partial charge >= 0.3 is 0 Å². The zero-order valence-electron chi connectivity index (χ0n) is 17.3. The number of halogens is 1. The molecule has 0 saturated heterocycles. The molecule has 2 nitrogen and oxygen atoms in total. The first kappa shape index (κ1) is 19.8. The molecule has 0 aliphatic rings. The van der Waals surface area contributed by atoms with Crippen LogP contribution >= 0.6 is 15.9 Å². The van der Waals surface area contributed by atoms with E-state index in [9.17, 15) is 0 Å². The highest BCUT2D eigenvalue weighted by Crippen LogP contribution is 2.37. The molecule has 0 unspecified atom stereocenters. The number of ether oxygens (including phenoxy) is 1. The highest BCUT2D eigenvalue weighted by molar-refractivity contribution is 9.10. The Morgan fingerprint density at radius 2 is 1.55 bits per heavy atom. The third-order valence-corrected chi connectivity index (χ3v) is 6.01. The number of aromatic nitrogens is 1. The summed E-state index contributed by atoms with van der Waals surface area (Å²) in [5, 5.41) is 3.62. The molecule has 0 amide bonds. The second-order valence-electron chi connectivity index (χ2n) is 7.62. The molecule has 0 atom stereocenters. The van der Waals surface area contributed by atoms with E-state index in [-0.39, 0.29) is 0 Å². The smallest absolute Gasteiger partial charge is 0.119 e. The molecular formula is C28H22BrNO. The standard InChI is InChI=1S/C28H22BrNO/c1-2-17-31-23-14-9-20(10-15-23)25-18-27(21-7-12-22(29)13-8-21)30-26-16-11-19-5-3-4-6-24(19)28(25)26/h3-16,18H,2,17H2,1H3. The van der Waals surface area contributed by atoms with E-state index in [2.05, 4.69) is 114 Å². The van der Waals surface area contributed by atoms with Crippen molar-refractivity contribution < 1.29 is 4.74 Å². The van der Waals surface area contributed by atoms with Crippen LogP contribution in [-0.2, 0) is 0 Å². The predicted octanol–water partition coefficient (Wildman–Crippen LogP) is 8.27. The van der Waals surface area contributed by atoms with E-state index in [4.69, 9.17) is 9.72 Å². The molecule has 0 bridgehead atoms. The Balaban J connectivity index is 1.75. The first-order valence-corrected chi connectivity index (χ1v) is 11.3. The molecule has 5 aromatic rings. The summed E-state index contributed by atoms with van der Waals surface area (Å²) in [6.07, 6.45) is 0.999. The molecule has 1 heterocycles. The van der Waals surface area contributed by atoms with Gasteiger partial charge in [-0.05, 0) is 64.7 Å². The monoisotopic (exact) mass is 467 g/mol. The van der Waals surface area contributed by atoms with Gasteiger partial charge in [-0.1, -0.05) is 77.5 Å². The van der Waals surface area contributed by atoms with Crippen LogP contribution in [0.25, 0.3) is 44.1 Å². The molecule has 31 heavy (non-hydrogen) atoms. The van der Waals surface area contributed by atoms with Gasteiger partial charge < -0.3 is 4.74 Å². The van der Waals surface area contributed by atoms with Crippen molar-refractivity contribution in [1.29, 1.82) is 0 Å². The molecular weight excluding hydrogens is 446 g/mol. The minimum atomic E-state index is 0.732. The van der Waals surface area contributed by atoms with Crippen LogP contribution in [0.1, 0.15) is 13.3 Å². The summed E-state index contributed by atoms with van der Waals surface area (Å²) in [7, 11) is 0. The van der Waals surface area contributed by atoms with E-state index < -0.39 is 0 Å². The molecule has 0 N–H and O–H groups in total. The van der Waals surface area contributed by atoms with Crippen molar-refractivity contribution >= 4 is 37.6 Å². The predicted molar refractivity (Wildman–Crippen MR) is 134 cm³/mol. The topological polar surface area (TPSA) is 22.1 Å². The largest absolute Gasteiger partial charge is 0.494 e. The molecule has 0 spiro atoms. The van der Waals surface area contributed by atoms with Crippen LogP contribution in [0.2, 0.25) is 0 Å². The molecule has 4 aromatic carbocycles. The van der Waals surface area contributed by atoms with E-state index in [1.807, 2.05) is 0 Å². The fourth-order valence-corrected chi connectivity index (χ4v) is 4.22. The average Bonchev–Trinajstić information content (AvgIpc) is 2.82. The summed E-state index contributed by atoms with van der Waals surface area (Å²) in [5.41, 5.74) is 5.41. The molecule has 152 valence electrons. The van der Waals surface area contributed by atoms with Crippen LogP contribution < -0.4 is 4.74 Å². The summed E-state index contributed by atoms with van der Waals surface area (Å²) in [6, 6.07) is 31.7. The van der Waals surface area contributed by atoms with Gasteiger partial charge in [0.2, 0.25) is 0 Å². The third-order valence-electron chi connectivity index (χ3n) is 5.48. The number of fused-ring (bicyclic) bond motifs is 3. The highest BCUT2D eigenvalue weighted by Gasteiger charge is 2.13. The third kappa shape index (κ3) is 3.94. The van der Waals surface area contributed by atoms with Crippen molar-refractivity contribution in [2.45, 2.75) is 13.3 Å². The summed E-state index contributed by atoms with van der Waals surface area (Å²) < 4.78 is 6.85. The Labute approximate surface area is 190 Å². The molecule has 3 heteroatoms. The maximum absolute atomic E-state index is 5.79. The molecule has 0 saturated carbocycles.